The number of carbonyl (C=O) groups excluding carboxylic acids is 2. The van der Waals surface area contributed by atoms with Crippen molar-refractivity contribution in [3.63, 3.8) is 0 Å². The van der Waals surface area contributed by atoms with Gasteiger partial charge in [0.2, 0.25) is 5.88 Å². The number of imide groups is 1. The summed E-state index contributed by atoms with van der Waals surface area (Å²) in [5.41, 5.74) is -0.485. The van der Waals surface area contributed by atoms with Crippen LogP contribution in [-0.2, 0) is 0 Å². The van der Waals surface area contributed by atoms with Gasteiger partial charge >= 0.3 is 6.03 Å². The molecule has 0 aliphatic carbocycles. The molecule has 0 saturated heterocycles. The summed E-state index contributed by atoms with van der Waals surface area (Å²) in [5.74, 6) is -3.34. The molecular formula is C20H10Cl2F2N4O3. The average Bonchev–Trinajstić information content (AvgIpc) is 2.71. The average molecular weight is 463 g/mol. The molecule has 0 saturated carbocycles. The molecule has 156 valence electrons. The number of pyridine rings is 1. The number of amides is 3. The van der Waals surface area contributed by atoms with Crippen LogP contribution in [0.3, 0.4) is 0 Å². The third-order valence-corrected chi connectivity index (χ3v) is 4.31. The van der Waals surface area contributed by atoms with E-state index in [9.17, 15) is 18.4 Å². The Labute approximate surface area is 184 Å². The SMILES string of the molecule is N#Cc1ccc(Oc2c(Cl)cc(NC(=O)NC(=O)c3c(F)cccc3F)cc2Cl)nc1. The van der Waals surface area contributed by atoms with Gasteiger partial charge in [-0.3, -0.25) is 10.1 Å². The van der Waals surface area contributed by atoms with Gasteiger partial charge in [0.15, 0.2) is 5.75 Å². The molecule has 2 aromatic carbocycles. The van der Waals surface area contributed by atoms with Crippen molar-refractivity contribution < 1.29 is 23.1 Å². The van der Waals surface area contributed by atoms with Crippen molar-refractivity contribution in [2.24, 2.45) is 0 Å². The number of benzene rings is 2. The fourth-order valence-corrected chi connectivity index (χ4v) is 2.95. The van der Waals surface area contributed by atoms with Crippen molar-refractivity contribution >= 4 is 40.8 Å². The lowest BCUT2D eigenvalue weighted by atomic mass is 10.2. The molecule has 0 radical (unpaired) electrons. The van der Waals surface area contributed by atoms with Crippen LogP contribution in [0.4, 0.5) is 19.3 Å². The molecule has 11 heteroatoms. The first-order chi connectivity index (χ1) is 14.8. The molecule has 0 atom stereocenters. The summed E-state index contributed by atoms with van der Waals surface area (Å²) in [6.45, 7) is 0. The number of hydrogen-bond donors (Lipinski definition) is 2. The van der Waals surface area contributed by atoms with Crippen molar-refractivity contribution in [2.75, 3.05) is 5.32 Å². The van der Waals surface area contributed by atoms with Crippen molar-refractivity contribution in [2.45, 2.75) is 0 Å². The van der Waals surface area contributed by atoms with E-state index < -0.39 is 29.1 Å². The summed E-state index contributed by atoms with van der Waals surface area (Å²) in [4.78, 5) is 27.9. The standard InChI is InChI=1S/C20H10Cl2F2N4O3/c21-12-6-11(7-13(22)18(12)31-16-5-4-10(8-25)9-26-16)27-20(30)28-19(29)17-14(23)2-1-3-15(17)24/h1-7,9H,(H2,27,28,29,30). The quantitative estimate of drug-likeness (QED) is 0.547. The van der Waals surface area contributed by atoms with E-state index in [4.69, 9.17) is 33.2 Å². The maximum absolute atomic E-state index is 13.6. The number of hydrogen-bond acceptors (Lipinski definition) is 5. The van der Waals surface area contributed by atoms with E-state index in [-0.39, 0.29) is 27.4 Å². The summed E-state index contributed by atoms with van der Waals surface area (Å²) in [6.07, 6.45) is 1.30. The van der Waals surface area contributed by atoms with Crippen LogP contribution in [-0.4, -0.2) is 16.9 Å². The molecular weight excluding hydrogens is 453 g/mol. The Hall–Kier alpha value is -3.74. The second-order valence-electron chi connectivity index (χ2n) is 5.87. The fourth-order valence-electron chi connectivity index (χ4n) is 2.38. The third kappa shape index (κ3) is 5.25. The first-order valence-electron chi connectivity index (χ1n) is 8.38. The topological polar surface area (TPSA) is 104 Å². The number of anilines is 1. The fraction of sp³-hybridized carbons (Fsp3) is 0. The van der Waals surface area contributed by atoms with Crippen molar-refractivity contribution in [1.82, 2.24) is 10.3 Å². The van der Waals surface area contributed by atoms with Gasteiger partial charge in [-0.05, 0) is 30.3 Å². The van der Waals surface area contributed by atoms with Crippen molar-refractivity contribution in [3.05, 3.63) is 81.5 Å². The van der Waals surface area contributed by atoms with Crippen molar-refractivity contribution in [1.29, 1.82) is 5.26 Å². The van der Waals surface area contributed by atoms with Gasteiger partial charge in [0.05, 0.1) is 15.6 Å². The summed E-state index contributed by atoms with van der Waals surface area (Å²) in [5, 5.41) is 12.9. The van der Waals surface area contributed by atoms with Crippen LogP contribution >= 0.6 is 23.2 Å². The van der Waals surface area contributed by atoms with E-state index in [0.29, 0.717) is 5.56 Å². The summed E-state index contributed by atoms with van der Waals surface area (Å²) in [7, 11) is 0. The van der Waals surface area contributed by atoms with E-state index in [0.717, 1.165) is 18.2 Å². The highest BCUT2D eigenvalue weighted by Gasteiger charge is 2.20. The minimum absolute atomic E-state index is 0.000402. The molecule has 0 aliphatic rings. The van der Waals surface area contributed by atoms with E-state index in [1.807, 2.05) is 11.4 Å². The smallest absolute Gasteiger partial charge is 0.326 e. The highest BCUT2D eigenvalue weighted by molar-refractivity contribution is 6.37. The van der Waals surface area contributed by atoms with Gasteiger partial charge in [0, 0.05) is 18.0 Å². The number of carbonyl (C=O) groups is 2. The zero-order valence-corrected chi connectivity index (χ0v) is 16.8. The molecule has 3 aromatic rings. The number of aromatic nitrogens is 1. The minimum atomic E-state index is -1.27. The Morgan fingerprint density at radius 2 is 1.71 bits per heavy atom. The minimum Gasteiger partial charge on any atom is -0.436 e. The predicted octanol–water partition coefficient (Wildman–Crippen LogP) is 5.29. The number of nitrogens with zero attached hydrogens (tertiary/aromatic N) is 2. The number of nitrogens with one attached hydrogen (secondary N) is 2. The molecule has 0 aliphatic heterocycles. The number of halogens is 4. The van der Waals surface area contributed by atoms with E-state index in [1.54, 1.807) is 0 Å². The number of urea groups is 1. The Kier molecular flexibility index (Phi) is 6.65. The lowest BCUT2D eigenvalue weighted by Crippen LogP contribution is -2.35. The Morgan fingerprint density at radius 1 is 1.06 bits per heavy atom. The van der Waals surface area contributed by atoms with Crippen LogP contribution < -0.4 is 15.4 Å². The van der Waals surface area contributed by atoms with Crippen LogP contribution in [0.15, 0.2) is 48.7 Å². The molecule has 3 rings (SSSR count). The maximum Gasteiger partial charge on any atom is 0.326 e. The van der Waals surface area contributed by atoms with E-state index >= 15 is 0 Å². The maximum atomic E-state index is 13.6. The molecule has 1 aromatic heterocycles. The van der Waals surface area contributed by atoms with E-state index in [1.165, 1.54) is 30.5 Å². The van der Waals surface area contributed by atoms with Gasteiger partial charge in [-0.2, -0.15) is 5.26 Å². The summed E-state index contributed by atoms with van der Waals surface area (Å²) >= 11 is 12.3. The molecule has 7 nitrogen and oxygen atoms in total. The van der Waals surface area contributed by atoms with Gasteiger partial charge < -0.3 is 10.1 Å². The molecule has 3 amide bonds. The second kappa shape index (κ2) is 9.38. The van der Waals surface area contributed by atoms with E-state index in [2.05, 4.69) is 10.3 Å². The molecule has 0 spiro atoms. The molecule has 0 fully saturated rings. The van der Waals surface area contributed by atoms with Gasteiger partial charge in [0.25, 0.3) is 5.91 Å². The normalized spacial score (nSPS) is 10.2. The molecule has 2 N–H and O–H groups in total. The summed E-state index contributed by atoms with van der Waals surface area (Å²) < 4.78 is 32.8. The number of ether oxygens (including phenoxy) is 1. The Morgan fingerprint density at radius 3 is 2.26 bits per heavy atom. The monoisotopic (exact) mass is 462 g/mol. The molecule has 31 heavy (non-hydrogen) atoms. The second-order valence-corrected chi connectivity index (χ2v) is 6.69. The zero-order valence-electron chi connectivity index (χ0n) is 15.2. The van der Waals surface area contributed by atoms with Gasteiger partial charge in [-0.1, -0.05) is 29.3 Å². The van der Waals surface area contributed by atoms with Gasteiger partial charge in [-0.25, -0.2) is 18.6 Å². The predicted molar refractivity (Wildman–Crippen MR) is 108 cm³/mol. The molecule has 0 unspecified atom stereocenters. The Balaban J connectivity index is 1.71. The van der Waals surface area contributed by atoms with Crippen LogP contribution in [0, 0.1) is 23.0 Å². The van der Waals surface area contributed by atoms with Crippen LogP contribution in [0.25, 0.3) is 0 Å². The lowest BCUT2D eigenvalue weighted by Gasteiger charge is -2.12. The highest BCUT2D eigenvalue weighted by Crippen LogP contribution is 2.38. The first-order valence-corrected chi connectivity index (χ1v) is 9.13. The molecule has 0 bridgehead atoms. The highest BCUT2D eigenvalue weighted by atomic mass is 35.5. The third-order valence-electron chi connectivity index (χ3n) is 3.75. The Bertz CT molecular complexity index is 1170. The lowest BCUT2D eigenvalue weighted by molar-refractivity contribution is 0.0959. The number of rotatable bonds is 4. The number of nitriles is 1. The molecule has 1 heterocycles. The van der Waals surface area contributed by atoms with Crippen LogP contribution in [0.5, 0.6) is 11.6 Å². The van der Waals surface area contributed by atoms with Gasteiger partial charge in [-0.15, -0.1) is 0 Å². The van der Waals surface area contributed by atoms with Crippen LogP contribution in [0.2, 0.25) is 10.0 Å². The van der Waals surface area contributed by atoms with Gasteiger partial charge in [0.1, 0.15) is 23.3 Å². The zero-order chi connectivity index (χ0) is 22.5. The summed E-state index contributed by atoms with van der Waals surface area (Å²) in [6, 6.07) is 9.19. The van der Waals surface area contributed by atoms with Crippen molar-refractivity contribution in [3.8, 4) is 17.7 Å². The van der Waals surface area contributed by atoms with Crippen LogP contribution in [0.1, 0.15) is 15.9 Å². The largest absolute Gasteiger partial charge is 0.436 e. The first kappa shape index (κ1) is 22.0.